The van der Waals surface area contributed by atoms with Gasteiger partial charge in [0.1, 0.15) is 0 Å². The Morgan fingerprint density at radius 2 is 0.833 bits per heavy atom. The van der Waals surface area contributed by atoms with E-state index < -0.39 is 17.1 Å². The molecular formula is C9H18N6O3. The normalized spacial score (nSPS) is 10.8. The van der Waals surface area contributed by atoms with Crippen molar-refractivity contribution in [1.29, 1.82) is 0 Å². The summed E-state index contributed by atoms with van der Waals surface area (Å²) in [4.78, 5) is 35.8. The average Bonchev–Trinajstić information content (AvgIpc) is 2.35. The van der Waals surface area contributed by atoms with Gasteiger partial charge in [-0.25, -0.2) is 28.1 Å². The molecule has 0 aliphatic heterocycles. The predicted octanol–water partition coefficient (Wildman–Crippen LogP) is -3.95. The molecule has 18 heavy (non-hydrogen) atoms. The zero-order chi connectivity index (χ0) is 13.7. The van der Waals surface area contributed by atoms with Crippen molar-refractivity contribution in [3.05, 3.63) is 31.5 Å². The highest BCUT2D eigenvalue weighted by Crippen LogP contribution is 1.75. The van der Waals surface area contributed by atoms with Crippen LogP contribution in [0, 0.1) is 0 Å². The summed E-state index contributed by atoms with van der Waals surface area (Å²) < 4.78 is 2.77. The predicted molar refractivity (Wildman–Crippen MR) is 66.4 cm³/mol. The molecule has 0 radical (unpaired) electrons. The molecule has 0 amide bonds. The molecule has 0 aliphatic rings. The lowest BCUT2D eigenvalue weighted by Gasteiger charge is -2.12. The van der Waals surface area contributed by atoms with Gasteiger partial charge in [-0.3, -0.25) is 0 Å². The van der Waals surface area contributed by atoms with Gasteiger partial charge in [0.2, 0.25) is 0 Å². The van der Waals surface area contributed by atoms with Crippen LogP contribution in [0.3, 0.4) is 0 Å². The molecule has 9 nitrogen and oxygen atoms in total. The van der Waals surface area contributed by atoms with Crippen LogP contribution >= 0.6 is 0 Å². The van der Waals surface area contributed by atoms with E-state index in [1.807, 2.05) is 0 Å². The van der Waals surface area contributed by atoms with Gasteiger partial charge in [-0.1, -0.05) is 0 Å². The minimum absolute atomic E-state index is 0.0487. The molecule has 102 valence electrons. The molecule has 0 saturated heterocycles. The molecule has 1 heterocycles. The van der Waals surface area contributed by atoms with E-state index in [0.29, 0.717) is 0 Å². The quantitative estimate of drug-likeness (QED) is 0.475. The minimum Gasteiger partial charge on any atom is -0.329 e. The summed E-state index contributed by atoms with van der Waals surface area (Å²) in [5, 5.41) is 0. The summed E-state index contributed by atoms with van der Waals surface area (Å²) in [6, 6.07) is 0. The Hall–Kier alpha value is -1.71. The molecular weight excluding hydrogens is 240 g/mol. The van der Waals surface area contributed by atoms with Crippen molar-refractivity contribution < 1.29 is 0 Å². The summed E-state index contributed by atoms with van der Waals surface area (Å²) in [6.07, 6.45) is 0. The number of nitrogens with zero attached hydrogens (tertiary/aromatic N) is 3. The minimum atomic E-state index is -0.686. The average molecular weight is 258 g/mol. The highest BCUT2D eigenvalue weighted by atomic mass is 16.2. The third kappa shape index (κ3) is 2.58. The van der Waals surface area contributed by atoms with Crippen LogP contribution in [0.2, 0.25) is 0 Å². The summed E-state index contributed by atoms with van der Waals surface area (Å²) in [6.45, 7) is 0.517. The molecule has 1 rings (SSSR count). The van der Waals surface area contributed by atoms with Gasteiger partial charge >= 0.3 is 17.1 Å². The Bertz CT molecular complexity index is 458. The molecule has 1 aromatic heterocycles. The fourth-order valence-electron chi connectivity index (χ4n) is 1.64. The first kappa shape index (κ1) is 14.4. The van der Waals surface area contributed by atoms with E-state index in [2.05, 4.69) is 0 Å². The second-order valence-corrected chi connectivity index (χ2v) is 3.67. The molecule has 0 aliphatic carbocycles. The monoisotopic (exact) mass is 258 g/mol. The zero-order valence-electron chi connectivity index (χ0n) is 10.0. The first-order valence-corrected chi connectivity index (χ1v) is 5.63. The smallest absolute Gasteiger partial charge is 0.329 e. The van der Waals surface area contributed by atoms with Crippen LogP contribution in [0.25, 0.3) is 0 Å². The summed E-state index contributed by atoms with van der Waals surface area (Å²) in [5.74, 6) is 0. The third-order valence-electron chi connectivity index (χ3n) is 2.44. The Labute approximate surface area is 102 Å². The maximum absolute atomic E-state index is 11.9. The van der Waals surface area contributed by atoms with Crippen molar-refractivity contribution in [3.8, 4) is 0 Å². The number of nitrogens with two attached hydrogens (primary N) is 3. The Balaban J connectivity index is 3.59. The van der Waals surface area contributed by atoms with E-state index in [0.717, 1.165) is 13.7 Å². The maximum Gasteiger partial charge on any atom is 0.336 e. The first-order valence-electron chi connectivity index (χ1n) is 5.63. The van der Waals surface area contributed by atoms with Gasteiger partial charge in [0.05, 0.1) is 0 Å². The second kappa shape index (κ2) is 6.28. The van der Waals surface area contributed by atoms with Crippen molar-refractivity contribution in [2.45, 2.75) is 19.6 Å². The van der Waals surface area contributed by atoms with Crippen LogP contribution < -0.4 is 34.3 Å². The number of aromatic nitrogens is 3. The molecule has 0 saturated carbocycles. The van der Waals surface area contributed by atoms with Crippen LogP contribution in [-0.2, 0) is 19.6 Å². The standard InChI is InChI=1S/C9H18N6O3/c10-1-4-13-7(16)14(5-2-11)9(18)15(6-3-12)8(13)17/h1-6,10-12H2. The van der Waals surface area contributed by atoms with Gasteiger partial charge in [-0.15, -0.1) is 0 Å². The highest BCUT2D eigenvalue weighted by Gasteiger charge is 2.13. The van der Waals surface area contributed by atoms with Crippen LogP contribution in [0.5, 0.6) is 0 Å². The Morgan fingerprint density at radius 1 is 0.611 bits per heavy atom. The van der Waals surface area contributed by atoms with Gasteiger partial charge in [-0.2, -0.15) is 0 Å². The van der Waals surface area contributed by atoms with Crippen molar-refractivity contribution >= 4 is 0 Å². The number of rotatable bonds is 6. The lowest BCUT2D eigenvalue weighted by Crippen LogP contribution is -2.56. The molecule has 0 aromatic carbocycles. The van der Waals surface area contributed by atoms with Gasteiger partial charge < -0.3 is 17.2 Å². The molecule has 1 aromatic rings. The van der Waals surface area contributed by atoms with Crippen molar-refractivity contribution in [1.82, 2.24) is 13.7 Å². The van der Waals surface area contributed by atoms with Gasteiger partial charge in [0.15, 0.2) is 0 Å². The van der Waals surface area contributed by atoms with Crippen LogP contribution in [0.15, 0.2) is 14.4 Å². The van der Waals surface area contributed by atoms with E-state index >= 15 is 0 Å². The molecule has 0 unspecified atom stereocenters. The van der Waals surface area contributed by atoms with E-state index in [-0.39, 0.29) is 39.3 Å². The summed E-state index contributed by atoms with van der Waals surface area (Å²) >= 11 is 0. The molecule has 9 heteroatoms. The molecule has 6 N–H and O–H groups in total. The fraction of sp³-hybridized carbons (Fsp3) is 0.667. The van der Waals surface area contributed by atoms with Crippen LogP contribution in [0.1, 0.15) is 0 Å². The Morgan fingerprint density at radius 3 is 1.00 bits per heavy atom. The van der Waals surface area contributed by atoms with Gasteiger partial charge in [-0.05, 0) is 0 Å². The van der Waals surface area contributed by atoms with Gasteiger partial charge in [0, 0.05) is 39.3 Å². The van der Waals surface area contributed by atoms with Crippen molar-refractivity contribution in [2.75, 3.05) is 19.6 Å². The largest absolute Gasteiger partial charge is 0.336 e. The zero-order valence-corrected chi connectivity index (χ0v) is 10.0. The molecule has 0 atom stereocenters. The lowest BCUT2D eigenvalue weighted by molar-refractivity contribution is 0.453. The van der Waals surface area contributed by atoms with E-state index in [1.165, 1.54) is 0 Å². The van der Waals surface area contributed by atoms with E-state index in [4.69, 9.17) is 17.2 Å². The molecule has 0 spiro atoms. The van der Waals surface area contributed by atoms with E-state index in [1.54, 1.807) is 0 Å². The van der Waals surface area contributed by atoms with Crippen LogP contribution in [-0.4, -0.2) is 33.3 Å². The SMILES string of the molecule is NCCn1c(=O)n(CCN)c(=O)n(CCN)c1=O. The summed E-state index contributed by atoms with van der Waals surface area (Å²) in [5.41, 5.74) is 14.0. The molecule has 0 bridgehead atoms. The van der Waals surface area contributed by atoms with Crippen molar-refractivity contribution in [2.24, 2.45) is 17.2 Å². The van der Waals surface area contributed by atoms with Gasteiger partial charge in [0.25, 0.3) is 0 Å². The fourth-order valence-corrected chi connectivity index (χ4v) is 1.64. The second-order valence-electron chi connectivity index (χ2n) is 3.67. The van der Waals surface area contributed by atoms with Crippen LogP contribution in [0.4, 0.5) is 0 Å². The third-order valence-corrected chi connectivity index (χ3v) is 2.44. The van der Waals surface area contributed by atoms with E-state index in [9.17, 15) is 14.4 Å². The van der Waals surface area contributed by atoms with Crippen molar-refractivity contribution in [3.63, 3.8) is 0 Å². The Kier molecular flexibility index (Phi) is 5.01. The number of hydrogen-bond donors (Lipinski definition) is 3. The lowest BCUT2D eigenvalue weighted by atomic mass is 10.5. The number of hydrogen-bond acceptors (Lipinski definition) is 6. The topological polar surface area (TPSA) is 144 Å². The first-order chi connectivity index (χ1) is 8.58. The maximum atomic E-state index is 11.9. The molecule has 0 fully saturated rings. The summed E-state index contributed by atoms with van der Waals surface area (Å²) in [7, 11) is 0. The highest BCUT2D eigenvalue weighted by molar-refractivity contribution is 4.79.